The van der Waals surface area contributed by atoms with Crippen molar-refractivity contribution in [2.24, 2.45) is 11.8 Å². The Morgan fingerprint density at radius 3 is 2.76 bits per heavy atom. The zero-order valence-corrected chi connectivity index (χ0v) is 10.4. The van der Waals surface area contributed by atoms with Crippen LogP contribution in [-0.2, 0) is 4.79 Å². The van der Waals surface area contributed by atoms with Crippen molar-refractivity contribution in [3.63, 3.8) is 0 Å². The van der Waals surface area contributed by atoms with Gasteiger partial charge in [-0.1, -0.05) is 30.7 Å². The minimum atomic E-state index is -0.677. The summed E-state index contributed by atoms with van der Waals surface area (Å²) < 4.78 is 0. The van der Waals surface area contributed by atoms with Gasteiger partial charge in [0.05, 0.1) is 6.07 Å². The van der Waals surface area contributed by atoms with Gasteiger partial charge in [-0.25, -0.2) is 0 Å². The maximum atomic E-state index is 12.2. The normalized spacial score (nSPS) is 18.2. The quantitative estimate of drug-likeness (QED) is 0.816. The molecule has 0 N–H and O–H groups in total. The van der Waals surface area contributed by atoms with E-state index in [9.17, 15) is 10.1 Å². The van der Waals surface area contributed by atoms with Gasteiger partial charge in [-0.15, -0.1) is 0 Å². The standard InChI is InChI=1S/C14H14ClNO/c1-9(10-5-6-10)14(17)13(8-16)11-3-2-4-12(15)7-11/h2-4,7,9-10,13H,5-6H2,1H3. The SMILES string of the molecule is CC(C(=O)C(C#N)c1cccc(Cl)c1)C1CC1. The van der Waals surface area contributed by atoms with Crippen molar-refractivity contribution < 1.29 is 4.79 Å². The fourth-order valence-electron chi connectivity index (χ4n) is 2.08. The van der Waals surface area contributed by atoms with Gasteiger partial charge in [0.1, 0.15) is 5.92 Å². The summed E-state index contributed by atoms with van der Waals surface area (Å²) in [4.78, 5) is 12.2. The Morgan fingerprint density at radius 1 is 1.53 bits per heavy atom. The van der Waals surface area contributed by atoms with E-state index in [2.05, 4.69) is 6.07 Å². The maximum Gasteiger partial charge on any atom is 0.157 e. The van der Waals surface area contributed by atoms with E-state index in [0.717, 1.165) is 12.8 Å². The summed E-state index contributed by atoms with van der Waals surface area (Å²) in [5, 5.41) is 9.74. The van der Waals surface area contributed by atoms with Gasteiger partial charge >= 0.3 is 0 Å². The molecular formula is C14H14ClNO. The van der Waals surface area contributed by atoms with E-state index in [1.807, 2.05) is 6.92 Å². The van der Waals surface area contributed by atoms with Crippen molar-refractivity contribution >= 4 is 17.4 Å². The third kappa shape index (κ3) is 2.68. The predicted octanol–water partition coefficient (Wildman–Crippen LogP) is 3.56. The molecule has 1 aromatic carbocycles. The highest BCUT2D eigenvalue weighted by Gasteiger charge is 2.36. The average molecular weight is 248 g/mol. The van der Waals surface area contributed by atoms with Gasteiger partial charge in [-0.2, -0.15) is 5.26 Å². The molecule has 1 aliphatic carbocycles. The van der Waals surface area contributed by atoms with E-state index in [1.165, 1.54) is 0 Å². The van der Waals surface area contributed by atoms with Crippen LogP contribution in [0.3, 0.4) is 0 Å². The Hall–Kier alpha value is -1.33. The molecule has 0 spiro atoms. The molecule has 3 heteroatoms. The molecule has 17 heavy (non-hydrogen) atoms. The Labute approximate surface area is 106 Å². The molecule has 2 atom stereocenters. The van der Waals surface area contributed by atoms with Gasteiger partial charge in [-0.3, -0.25) is 4.79 Å². The van der Waals surface area contributed by atoms with Gasteiger partial charge in [0.2, 0.25) is 0 Å². The molecule has 0 heterocycles. The molecule has 1 fully saturated rings. The van der Waals surface area contributed by atoms with Crippen molar-refractivity contribution in [1.29, 1.82) is 5.26 Å². The Balaban J connectivity index is 2.21. The molecular weight excluding hydrogens is 234 g/mol. The third-order valence-electron chi connectivity index (χ3n) is 3.37. The van der Waals surface area contributed by atoms with Crippen LogP contribution in [0.25, 0.3) is 0 Å². The van der Waals surface area contributed by atoms with Crippen LogP contribution < -0.4 is 0 Å². The van der Waals surface area contributed by atoms with Crippen molar-refractivity contribution in [3.05, 3.63) is 34.9 Å². The zero-order chi connectivity index (χ0) is 12.4. The lowest BCUT2D eigenvalue weighted by Crippen LogP contribution is -2.20. The summed E-state index contributed by atoms with van der Waals surface area (Å²) in [5.41, 5.74) is 0.706. The van der Waals surface area contributed by atoms with Crippen LogP contribution in [0, 0.1) is 23.2 Å². The number of carbonyl (C=O) groups excluding carboxylic acids is 1. The van der Waals surface area contributed by atoms with Gasteiger partial charge < -0.3 is 0 Å². The number of hydrogen-bond acceptors (Lipinski definition) is 2. The molecule has 0 aromatic heterocycles. The lowest BCUT2D eigenvalue weighted by atomic mass is 9.87. The Morgan fingerprint density at radius 2 is 2.24 bits per heavy atom. The molecule has 1 aromatic rings. The van der Waals surface area contributed by atoms with E-state index < -0.39 is 5.92 Å². The highest BCUT2D eigenvalue weighted by molar-refractivity contribution is 6.30. The van der Waals surface area contributed by atoms with Crippen molar-refractivity contribution in [2.75, 3.05) is 0 Å². The highest BCUT2D eigenvalue weighted by atomic mass is 35.5. The molecule has 0 saturated heterocycles. The monoisotopic (exact) mass is 247 g/mol. The van der Waals surface area contributed by atoms with Crippen molar-refractivity contribution in [1.82, 2.24) is 0 Å². The smallest absolute Gasteiger partial charge is 0.157 e. The summed E-state index contributed by atoms with van der Waals surface area (Å²) in [6.45, 7) is 1.93. The van der Waals surface area contributed by atoms with Crippen LogP contribution >= 0.6 is 11.6 Å². The number of ketones is 1. The Kier molecular flexibility index (Phi) is 3.49. The van der Waals surface area contributed by atoms with Crippen LogP contribution in [0.4, 0.5) is 0 Å². The molecule has 0 radical (unpaired) electrons. The van der Waals surface area contributed by atoms with Gasteiger partial charge in [0, 0.05) is 10.9 Å². The predicted molar refractivity (Wildman–Crippen MR) is 66.7 cm³/mol. The van der Waals surface area contributed by atoms with E-state index in [1.54, 1.807) is 24.3 Å². The van der Waals surface area contributed by atoms with E-state index in [0.29, 0.717) is 16.5 Å². The van der Waals surface area contributed by atoms with Crippen LogP contribution in [-0.4, -0.2) is 5.78 Å². The van der Waals surface area contributed by atoms with Crippen molar-refractivity contribution in [2.45, 2.75) is 25.7 Å². The third-order valence-corrected chi connectivity index (χ3v) is 3.61. The number of carbonyl (C=O) groups is 1. The Bertz CT molecular complexity index is 473. The summed E-state index contributed by atoms with van der Waals surface area (Å²) >= 11 is 5.88. The molecule has 0 amide bonds. The van der Waals surface area contributed by atoms with Crippen LogP contribution in [0.5, 0.6) is 0 Å². The van der Waals surface area contributed by atoms with Crippen LogP contribution in [0.1, 0.15) is 31.2 Å². The van der Waals surface area contributed by atoms with E-state index in [-0.39, 0.29) is 11.7 Å². The molecule has 2 nitrogen and oxygen atoms in total. The first-order valence-corrected chi connectivity index (χ1v) is 6.20. The summed E-state index contributed by atoms with van der Waals surface area (Å²) in [6.07, 6.45) is 2.22. The molecule has 1 aliphatic rings. The van der Waals surface area contributed by atoms with Crippen molar-refractivity contribution in [3.8, 4) is 6.07 Å². The number of halogens is 1. The molecule has 2 unspecified atom stereocenters. The summed E-state index contributed by atoms with van der Waals surface area (Å²) in [5.74, 6) is -0.183. The van der Waals surface area contributed by atoms with Crippen LogP contribution in [0.2, 0.25) is 5.02 Å². The van der Waals surface area contributed by atoms with Crippen LogP contribution in [0.15, 0.2) is 24.3 Å². The first kappa shape index (κ1) is 12.1. The molecule has 2 rings (SSSR count). The summed E-state index contributed by atoms with van der Waals surface area (Å²) in [6, 6.07) is 9.11. The number of nitriles is 1. The number of Topliss-reactive ketones (excluding diaryl/α,β-unsaturated/α-hetero) is 1. The molecule has 0 bridgehead atoms. The highest BCUT2D eigenvalue weighted by Crippen LogP contribution is 2.39. The fraction of sp³-hybridized carbons (Fsp3) is 0.429. The molecule has 0 aliphatic heterocycles. The molecule has 1 saturated carbocycles. The van der Waals surface area contributed by atoms with E-state index in [4.69, 9.17) is 11.6 Å². The number of rotatable bonds is 4. The van der Waals surface area contributed by atoms with E-state index >= 15 is 0 Å². The zero-order valence-electron chi connectivity index (χ0n) is 9.69. The average Bonchev–Trinajstić information content (AvgIpc) is 3.13. The second-order valence-electron chi connectivity index (χ2n) is 4.65. The number of benzene rings is 1. The first-order chi connectivity index (χ1) is 8.13. The molecule has 88 valence electrons. The minimum absolute atomic E-state index is 0.0152. The second-order valence-corrected chi connectivity index (χ2v) is 5.08. The largest absolute Gasteiger partial charge is 0.298 e. The van der Waals surface area contributed by atoms with Gasteiger partial charge in [-0.05, 0) is 36.5 Å². The topological polar surface area (TPSA) is 40.9 Å². The fourth-order valence-corrected chi connectivity index (χ4v) is 2.28. The van der Waals surface area contributed by atoms with Gasteiger partial charge in [0.15, 0.2) is 5.78 Å². The van der Waals surface area contributed by atoms with Gasteiger partial charge in [0.25, 0.3) is 0 Å². The summed E-state index contributed by atoms with van der Waals surface area (Å²) in [7, 11) is 0. The first-order valence-electron chi connectivity index (χ1n) is 5.82. The number of nitrogens with zero attached hydrogens (tertiary/aromatic N) is 1. The maximum absolute atomic E-state index is 12.2. The minimum Gasteiger partial charge on any atom is -0.298 e. The lowest BCUT2D eigenvalue weighted by Gasteiger charge is -2.14. The number of hydrogen-bond donors (Lipinski definition) is 0. The second kappa shape index (κ2) is 4.89. The lowest BCUT2D eigenvalue weighted by molar-refractivity contribution is -0.123.